The zero-order chi connectivity index (χ0) is 14.2. The minimum atomic E-state index is -5.78. The molecule has 2 nitrogen and oxygen atoms in total. The van der Waals surface area contributed by atoms with Crippen molar-refractivity contribution in [1.82, 2.24) is 0 Å². The number of hydrogen-bond acceptors (Lipinski definition) is 2. The van der Waals surface area contributed by atoms with Crippen LogP contribution >= 0.6 is 0 Å². The van der Waals surface area contributed by atoms with E-state index in [-0.39, 0.29) is 19.8 Å². The SMILES string of the molecule is CC(F)(F)C(F)(F)C(F)(F)C(=O)OC1CCCC1. The van der Waals surface area contributed by atoms with Gasteiger partial charge in [-0.15, -0.1) is 0 Å². The first kappa shape index (κ1) is 15.1. The summed E-state index contributed by atoms with van der Waals surface area (Å²) in [5, 5.41) is 0. The number of rotatable bonds is 4. The van der Waals surface area contributed by atoms with Crippen LogP contribution in [0.2, 0.25) is 0 Å². The fraction of sp³-hybridized carbons (Fsp3) is 0.900. The van der Waals surface area contributed by atoms with E-state index in [1.54, 1.807) is 0 Å². The molecule has 1 aliphatic rings. The van der Waals surface area contributed by atoms with Crippen LogP contribution in [0.4, 0.5) is 26.3 Å². The van der Waals surface area contributed by atoms with E-state index in [1.807, 2.05) is 0 Å². The molecule has 0 bridgehead atoms. The molecule has 0 aromatic rings. The Bertz CT molecular complexity index is 317. The third-order valence-electron chi connectivity index (χ3n) is 2.78. The molecule has 0 amide bonds. The lowest BCUT2D eigenvalue weighted by Gasteiger charge is -2.29. The van der Waals surface area contributed by atoms with Gasteiger partial charge in [0, 0.05) is 6.92 Å². The van der Waals surface area contributed by atoms with Crippen LogP contribution in [0.5, 0.6) is 0 Å². The van der Waals surface area contributed by atoms with Crippen LogP contribution in [0, 0.1) is 0 Å². The second-order valence-electron chi connectivity index (χ2n) is 4.35. The smallest absolute Gasteiger partial charge is 0.410 e. The standard InChI is InChI=1S/C10H12F6O2/c1-8(11,12)10(15,16)9(13,14)7(17)18-6-4-2-3-5-6/h6H,2-5H2,1H3. The lowest BCUT2D eigenvalue weighted by Crippen LogP contribution is -2.57. The molecule has 8 heteroatoms. The minimum Gasteiger partial charge on any atom is -0.458 e. The molecule has 1 fully saturated rings. The summed E-state index contributed by atoms with van der Waals surface area (Å²) in [5.41, 5.74) is 0. The Morgan fingerprint density at radius 2 is 1.50 bits per heavy atom. The predicted molar refractivity (Wildman–Crippen MR) is 48.9 cm³/mol. The third-order valence-corrected chi connectivity index (χ3v) is 2.78. The van der Waals surface area contributed by atoms with Crippen molar-refractivity contribution in [2.75, 3.05) is 0 Å². The Morgan fingerprint density at radius 1 is 1.06 bits per heavy atom. The summed E-state index contributed by atoms with van der Waals surface area (Å²) in [4.78, 5) is 10.9. The molecule has 0 spiro atoms. The zero-order valence-corrected chi connectivity index (χ0v) is 9.49. The topological polar surface area (TPSA) is 26.3 Å². The van der Waals surface area contributed by atoms with Crippen molar-refractivity contribution in [3.05, 3.63) is 0 Å². The summed E-state index contributed by atoms with van der Waals surface area (Å²) in [7, 11) is 0. The first-order chi connectivity index (χ1) is 8.00. The van der Waals surface area contributed by atoms with Gasteiger partial charge in [0.2, 0.25) is 0 Å². The van der Waals surface area contributed by atoms with Gasteiger partial charge in [-0.25, -0.2) is 4.79 Å². The van der Waals surface area contributed by atoms with Gasteiger partial charge in [-0.1, -0.05) is 0 Å². The monoisotopic (exact) mass is 278 g/mol. The molecule has 0 N–H and O–H groups in total. The maximum Gasteiger partial charge on any atom is 0.410 e. The van der Waals surface area contributed by atoms with Crippen LogP contribution < -0.4 is 0 Å². The van der Waals surface area contributed by atoms with Gasteiger partial charge in [-0.05, 0) is 25.7 Å². The van der Waals surface area contributed by atoms with Crippen LogP contribution in [-0.4, -0.2) is 29.8 Å². The number of carbonyl (C=O) groups excluding carboxylic acids is 1. The lowest BCUT2D eigenvalue weighted by atomic mass is 10.1. The van der Waals surface area contributed by atoms with E-state index in [0.29, 0.717) is 12.8 Å². The molecule has 1 saturated carbocycles. The molecule has 0 heterocycles. The molecule has 0 aliphatic heterocycles. The van der Waals surface area contributed by atoms with Crippen molar-refractivity contribution in [2.45, 2.75) is 56.5 Å². The van der Waals surface area contributed by atoms with Crippen LogP contribution in [0.1, 0.15) is 32.6 Å². The second-order valence-corrected chi connectivity index (χ2v) is 4.35. The molecule has 0 saturated heterocycles. The van der Waals surface area contributed by atoms with Gasteiger partial charge in [-0.2, -0.15) is 26.3 Å². The van der Waals surface area contributed by atoms with Crippen molar-refractivity contribution >= 4 is 5.97 Å². The fourth-order valence-corrected chi connectivity index (χ4v) is 1.64. The Balaban J connectivity index is 2.81. The van der Waals surface area contributed by atoms with E-state index >= 15 is 0 Å². The quantitative estimate of drug-likeness (QED) is 0.582. The van der Waals surface area contributed by atoms with E-state index < -0.39 is 29.8 Å². The number of hydrogen-bond donors (Lipinski definition) is 0. The highest BCUT2D eigenvalue weighted by atomic mass is 19.3. The summed E-state index contributed by atoms with van der Waals surface area (Å²) >= 11 is 0. The van der Waals surface area contributed by atoms with Gasteiger partial charge >= 0.3 is 23.7 Å². The average Bonchev–Trinajstić information content (AvgIpc) is 2.68. The minimum absolute atomic E-state index is 0.274. The number of ether oxygens (including phenoxy) is 1. The maximum absolute atomic E-state index is 13.0. The first-order valence-electron chi connectivity index (χ1n) is 5.34. The van der Waals surface area contributed by atoms with Crippen molar-refractivity contribution in [3.63, 3.8) is 0 Å². The number of halogens is 6. The van der Waals surface area contributed by atoms with E-state index in [0.717, 1.165) is 0 Å². The van der Waals surface area contributed by atoms with E-state index in [9.17, 15) is 31.1 Å². The molecule has 0 radical (unpaired) electrons. The Labute approximate surface area is 99.3 Å². The molecule has 0 aromatic carbocycles. The third kappa shape index (κ3) is 2.56. The van der Waals surface area contributed by atoms with Crippen molar-refractivity contribution in [3.8, 4) is 0 Å². The molecule has 1 rings (SSSR count). The molecular weight excluding hydrogens is 266 g/mol. The highest BCUT2D eigenvalue weighted by molar-refractivity contribution is 5.79. The van der Waals surface area contributed by atoms with Crippen LogP contribution in [-0.2, 0) is 9.53 Å². The van der Waals surface area contributed by atoms with Gasteiger partial charge in [0.25, 0.3) is 0 Å². The van der Waals surface area contributed by atoms with Gasteiger partial charge < -0.3 is 4.74 Å². The predicted octanol–water partition coefficient (Wildman–Crippen LogP) is 3.40. The summed E-state index contributed by atoms with van der Waals surface area (Å²) in [6, 6.07) is 0. The van der Waals surface area contributed by atoms with Gasteiger partial charge in [0.1, 0.15) is 6.10 Å². The molecule has 0 unspecified atom stereocenters. The Morgan fingerprint density at radius 3 is 1.89 bits per heavy atom. The highest BCUT2D eigenvalue weighted by Gasteiger charge is 2.74. The normalized spacial score (nSPS) is 19.1. The summed E-state index contributed by atoms with van der Waals surface area (Å²) < 4.78 is 80.8. The molecule has 0 aromatic heterocycles. The van der Waals surface area contributed by atoms with Crippen LogP contribution in [0.25, 0.3) is 0 Å². The largest absolute Gasteiger partial charge is 0.458 e. The fourth-order valence-electron chi connectivity index (χ4n) is 1.64. The van der Waals surface area contributed by atoms with E-state index in [2.05, 4.69) is 4.74 Å². The first-order valence-corrected chi connectivity index (χ1v) is 5.34. The van der Waals surface area contributed by atoms with E-state index in [4.69, 9.17) is 0 Å². The van der Waals surface area contributed by atoms with Gasteiger partial charge in [0.05, 0.1) is 0 Å². The maximum atomic E-state index is 13.0. The molecule has 106 valence electrons. The van der Waals surface area contributed by atoms with Gasteiger partial charge in [0.15, 0.2) is 0 Å². The Kier molecular flexibility index (Phi) is 3.88. The molecule has 0 atom stereocenters. The van der Waals surface area contributed by atoms with Crippen LogP contribution in [0.15, 0.2) is 0 Å². The molecular formula is C10H12F6O2. The van der Waals surface area contributed by atoms with Gasteiger partial charge in [-0.3, -0.25) is 0 Å². The molecule has 1 aliphatic carbocycles. The lowest BCUT2D eigenvalue weighted by molar-refractivity contribution is -0.300. The van der Waals surface area contributed by atoms with Crippen LogP contribution in [0.3, 0.4) is 0 Å². The Hall–Kier alpha value is -0.950. The van der Waals surface area contributed by atoms with Crippen molar-refractivity contribution < 1.29 is 35.9 Å². The van der Waals surface area contributed by atoms with Crippen molar-refractivity contribution in [2.24, 2.45) is 0 Å². The average molecular weight is 278 g/mol. The summed E-state index contributed by atoms with van der Waals surface area (Å²) in [5.74, 6) is -18.9. The second kappa shape index (κ2) is 4.62. The number of alkyl halides is 6. The van der Waals surface area contributed by atoms with E-state index in [1.165, 1.54) is 0 Å². The summed E-state index contributed by atoms with van der Waals surface area (Å²) in [6.45, 7) is -0.371. The summed E-state index contributed by atoms with van der Waals surface area (Å²) in [6.07, 6.45) is 0.879. The number of carbonyl (C=O) groups is 1. The zero-order valence-electron chi connectivity index (χ0n) is 9.49. The highest BCUT2D eigenvalue weighted by Crippen LogP contribution is 2.46. The van der Waals surface area contributed by atoms with Crippen molar-refractivity contribution in [1.29, 1.82) is 0 Å². The number of esters is 1. The molecule has 18 heavy (non-hydrogen) atoms.